The van der Waals surface area contributed by atoms with Gasteiger partial charge in [0.2, 0.25) is 0 Å². The van der Waals surface area contributed by atoms with Crippen molar-refractivity contribution in [3.8, 4) is 0 Å². The predicted octanol–water partition coefficient (Wildman–Crippen LogP) is 2.86. The van der Waals surface area contributed by atoms with Gasteiger partial charge in [-0.25, -0.2) is 9.78 Å². The first-order valence-corrected chi connectivity index (χ1v) is 8.80. The third kappa shape index (κ3) is 5.35. The van der Waals surface area contributed by atoms with Crippen LogP contribution >= 0.6 is 11.6 Å². The van der Waals surface area contributed by atoms with Crippen LogP contribution in [0.5, 0.6) is 0 Å². The second kappa shape index (κ2) is 8.53. The highest BCUT2D eigenvalue weighted by atomic mass is 35.5. The highest BCUT2D eigenvalue weighted by Gasteiger charge is 2.24. The van der Waals surface area contributed by atoms with Gasteiger partial charge in [-0.05, 0) is 43.2 Å². The van der Waals surface area contributed by atoms with E-state index in [0.29, 0.717) is 29.4 Å². The molecule has 1 aromatic carbocycles. The molecule has 0 radical (unpaired) electrons. The Morgan fingerprint density at radius 3 is 2.73 bits per heavy atom. The Balaban J connectivity index is 1.46. The maximum atomic E-state index is 12.2. The zero-order valence-electron chi connectivity index (χ0n) is 14.1. The van der Waals surface area contributed by atoms with Crippen molar-refractivity contribution < 1.29 is 9.59 Å². The normalized spacial score (nSPS) is 13.0. The lowest BCUT2D eigenvalue weighted by atomic mass is 10.2. The summed E-state index contributed by atoms with van der Waals surface area (Å²) in [5.41, 5.74) is 0.860. The van der Waals surface area contributed by atoms with Gasteiger partial charge in [0, 0.05) is 31.0 Å². The first kappa shape index (κ1) is 18.0. The number of anilines is 2. The molecule has 1 aromatic heterocycles. The molecule has 1 fully saturated rings. The second-order valence-electron chi connectivity index (χ2n) is 5.97. The molecule has 0 aliphatic heterocycles. The SMILES string of the molecule is O=C(NCCNc1ccccn1)Nc1ccc(Cl)c(C(=O)NC2CC2)c1. The maximum absolute atomic E-state index is 12.2. The monoisotopic (exact) mass is 373 g/mol. The van der Waals surface area contributed by atoms with Crippen molar-refractivity contribution >= 4 is 35.0 Å². The van der Waals surface area contributed by atoms with Crippen molar-refractivity contribution in [1.82, 2.24) is 15.6 Å². The van der Waals surface area contributed by atoms with E-state index in [9.17, 15) is 9.59 Å². The molecule has 26 heavy (non-hydrogen) atoms. The van der Waals surface area contributed by atoms with Crippen LogP contribution in [-0.2, 0) is 0 Å². The second-order valence-corrected chi connectivity index (χ2v) is 6.37. The molecule has 3 amide bonds. The van der Waals surface area contributed by atoms with E-state index in [1.807, 2.05) is 18.2 Å². The molecule has 8 heteroatoms. The van der Waals surface area contributed by atoms with E-state index in [1.165, 1.54) is 0 Å². The topological polar surface area (TPSA) is 95.2 Å². The van der Waals surface area contributed by atoms with E-state index in [-0.39, 0.29) is 18.0 Å². The third-order valence-electron chi connectivity index (χ3n) is 3.76. The van der Waals surface area contributed by atoms with Gasteiger partial charge in [-0.1, -0.05) is 17.7 Å². The van der Waals surface area contributed by atoms with Gasteiger partial charge in [0.15, 0.2) is 0 Å². The molecule has 136 valence electrons. The number of rotatable bonds is 7. The number of amides is 3. The molecule has 0 unspecified atom stereocenters. The van der Waals surface area contributed by atoms with Gasteiger partial charge in [0.1, 0.15) is 5.82 Å². The fourth-order valence-corrected chi connectivity index (χ4v) is 2.48. The Morgan fingerprint density at radius 2 is 2.00 bits per heavy atom. The van der Waals surface area contributed by atoms with Crippen LogP contribution in [0.1, 0.15) is 23.2 Å². The van der Waals surface area contributed by atoms with E-state index in [1.54, 1.807) is 24.4 Å². The summed E-state index contributed by atoms with van der Waals surface area (Å²) < 4.78 is 0. The molecule has 1 aliphatic carbocycles. The number of aromatic nitrogens is 1. The molecule has 0 saturated heterocycles. The Kier molecular flexibility index (Phi) is 5.91. The van der Waals surface area contributed by atoms with Gasteiger partial charge in [0.25, 0.3) is 5.91 Å². The lowest BCUT2D eigenvalue weighted by molar-refractivity contribution is 0.0951. The van der Waals surface area contributed by atoms with Crippen LogP contribution < -0.4 is 21.3 Å². The molecule has 3 rings (SSSR count). The van der Waals surface area contributed by atoms with Crippen LogP contribution in [0.25, 0.3) is 0 Å². The molecule has 1 heterocycles. The van der Waals surface area contributed by atoms with Crippen LogP contribution in [0.2, 0.25) is 5.02 Å². The van der Waals surface area contributed by atoms with Crippen molar-refractivity contribution in [1.29, 1.82) is 0 Å². The first-order chi connectivity index (χ1) is 12.6. The third-order valence-corrected chi connectivity index (χ3v) is 4.09. The minimum absolute atomic E-state index is 0.221. The lowest BCUT2D eigenvalue weighted by Gasteiger charge is -2.11. The Hall–Kier alpha value is -2.80. The van der Waals surface area contributed by atoms with Crippen molar-refractivity contribution in [2.75, 3.05) is 23.7 Å². The zero-order chi connectivity index (χ0) is 18.4. The summed E-state index contributed by atoms with van der Waals surface area (Å²) in [5.74, 6) is 0.528. The number of hydrogen-bond donors (Lipinski definition) is 4. The van der Waals surface area contributed by atoms with E-state index < -0.39 is 0 Å². The van der Waals surface area contributed by atoms with Crippen molar-refractivity contribution in [3.63, 3.8) is 0 Å². The molecule has 0 spiro atoms. The van der Waals surface area contributed by atoms with E-state index in [0.717, 1.165) is 18.7 Å². The van der Waals surface area contributed by atoms with Crippen LogP contribution in [0.15, 0.2) is 42.6 Å². The number of nitrogens with zero attached hydrogens (tertiary/aromatic N) is 1. The summed E-state index contributed by atoms with van der Waals surface area (Å²) in [7, 11) is 0. The lowest BCUT2D eigenvalue weighted by Crippen LogP contribution is -2.33. The molecule has 0 bridgehead atoms. The molecular weight excluding hydrogens is 354 g/mol. The quantitative estimate of drug-likeness (QED) is 0.561. The van der Waals surface area contributed by atoms with Gasteiger partial charge in [-0.15, -0.1) is 0 Å². The molecule has 1 saturated carbocycles. The fourth-order valence-electron chi connectivity index (χ4n) is 2.28. The number of pyridine rings is 1. The number of benzene rings is 1. The molecule has 1 aliphatic rings. The van der Waals surface area contributed by atoms with Crippen molar-refractivity contribution in [2.45, 2.75) is 18.9 Å². The largest absolute Gasteiger partial charge is 0.368 e. The van der Waals surface area contributed by atoms with Gasteiger partial charge in [-0.2, -0.15) is 0 Å². The van der Waals surface area contributed by atoms with E-state index in [4.69, 9.17) is 11.6 Å². The number of carbonyl (C=O) groups is 2. The molecule has 2 aromatic rings. The van der Waals surface area contributed by atoms with E-state index >= 15 is 0 Å². The summed E-state index contributed by atoms with van der Waals surface area (Å²) in [4.78, 5) is 28.3. The zero-order valence-corrected chi connectivity index (χ0v) is 14.8. The highest BCUT2D eigenvalue weighted by molar-refractivity contribution is 6.34. The van der Waals surface area contributed by atoms with Crippen molar-refractivity contribution in [2.24, 2.45) is 0 Å². The van der Waals surface area contributed by atoms with Gasteiger partial charge < -0.3 is 21.3 Å². The Bertz CT molecular complexity index is 780. The average Bonchev–Trinajstić information content (AvgIpc) is 3.45. The predicted molar refractivity (Wildman–Crippen MR) is 102 cm³/mol. The number of halogens is 1. The number of nitrogens with one attached hydrogen (secondary N) is 4. The highest BCUT2D eigenvalue weighted by Crippen LogP contribution is 2.23. The molecular formula is C18H20ClN5O2. The van der Waals surface area contributed by atoms with Crippen molar-refractivity contribution in [3.05, 3.63) is 53.2 Å². The number of hydrogen-bond acceptors (Lipinski definition) is 4. The minimum atomic E-state index is -0.358. The van der Waals surface area contributed by atoms with Gasteiger partial charge in [-0.3, -0.25) is 4.79 Å². The summed E-state index contributed by atoms with van der Waals surface area (Å²) >= 11 is 6.09. The van der Waals surface area contributed by atoms with Crippen LogP contribution in [-0.4, -0.2) is 36.1 Å². The standard InChI is InChI=1S/C18H20ClN5O2/c19-15-7-6-13(11-14(15)17(25)23-12-4-5-12)24-18(26)22-10-9-21-16-3-1-2-8-20-16/h1-3,6-8,11-12H,4-5,9-10H2,(H,20,21)(H,23,25)(H2,22,24,26). The minimum Gasteiger partial charge on any atom is -0.368 e. The van der Waals surface area contributed by atoms with Crippen LogP contribution in [0.3, 0.4) is 0 Å². The number of carbonyl (C=O) groups excluding carboxylic acids is 2. The van der Waals surface area contributed by atoms with Gasteiger partial charge >= 0.3 is 6.03 Å². The Morgan fingerprint density at radius 1 is 1.15 bits per heavy atom. The van der Waals surface area contributed by atoms with Gasteiger partial charge in [0.05, 0.1) is 10.6 Å². The first-order valence-electron chi connectivity index (χ1n) is 8.42. The fraction of sp³-hybridized carbons (Fsp3) is 0.278. The summed E-state index contributed by atoms with van der Waals surface area (Å²) in [6.45, 7) is 0.963. The van der Waals surface area contributed by atoms with E-state index in [2.05, 4.69) is 26.3 Å². The van der Waals surface area contributed by atoms with Crippen LogP contribution in [0, 0.1) is 0 Å². The Labute approximate surface area is 156 Å². The molecule has 4 N–H and O–H groups in total. The molecule has 7 nitrogen and oxygen atoms in total. The summed E-state index contributed by atoms with van der Waals surface area (Å²) in [5, 5.41) is 11.8. The van der Waals surface area contributed by atoms with Crippen LogP contribution in [0.4, 0.5) is 16.3 Å². The smallest absolute Gasteiger partial charge is 0.319 e. The maximum Gasteiger partial charge on any atom is 0.319 e. The number of urea groups is 1. The average molecular weight is 374 g/mol. The summed E-state index contributed by atoms with van der Waals surface area (Å²) in [6, 6.07) is 10.3. The summed E-state index contributed by atoms with van der Waals surface area (Å²) in [6.07, 6.45) is 3.69. The molecule has 0 atom stereocenters.